The first-order valence-corrected chi connectivity index (χ1v) is 11.2. The standard InChI is InChI=1S/C24H22N4O2S/c29-21(18-5-7-19(8-6-18)22-4-2-16-31-22)17-26-12-14-28(15-13-26)24(30)20-3-1-10-27-11-9-25-23(20)27/h1-11,16H,12-15,17H2. The van der Waals surface area contributed by atoms with Crippen LogP contribution < -0.4 is 0 Å². The van der Waals surface area contributed by atoms with E-state index < -0.39 is 0 Å². The normalized spacial score (nSPS) is 14.8. The molecule has 0 atom stereocenters. The van der Waals surface area contributed by atoms with Crippen LogP contribution in [0.2, 0.25) is 0 Å². The second kappa shape index (κ2) is 8.45. The summed E-state index contributed by atoms with van der Waals surface area (Å²) in [5.41, 5.74) is 3.15. The van der Waals surface area contributed by atoms with Gasteiger partial charge in [0, 0.05) is 55.2 Å². The zero-order valence-electron chi connectivity index (χ0n) is 17.0. The topological polar surface area (TPSA) is 57.9 Å². The molecule has 1 aliphatic heterocycles. The second-order valence-electron chi connectivity index (χ2n) is 7.63. The van der Waals surface area contributed by atoms with Crippen molar-refractivity contribution in [3.05, 3.63) is 83.6 Å². The van der Waals surface area contributed by atoms with Gasteiger partial charge in [-0.15, -0.1) is 11.3 Å². The number of nitrogens with zero attached hydrogens (tertiary/aromatic N) is 4. The molecule has 0 bridgehead atoms. The van der Waals surface area contributed by atoms with E-state index in [-0.39, 0.29) is 11.7 Å². The highest BCUT2D eigenvalue weighted by atomic mass is 32.1. The quantitative estimate of drug-likeness (QED) is 0.453. The van der Waals surface area contributed by atoms with Crippen LogP contribution in [0.1, 0.15) is 20.7 Å². The number of Topliss-reactive ketones (excluding diaryl/α,β-unsaturated/α-hetero) is 1. The van der Waals surface area contributed by atoms with Gasteiger partial charge in [0.15, 0.2) is 5.78 Å². The van der Waals surface area contributed by atoms with Gasteiger partial charge in [0.25, 0.3) is 5.91 Å². The van der Waals surface area contributed by atoms with Crippen molar-refractivity contribution in [3.8, 4) is 10.4 Å². The molecule has 0 N–H and O–H groups in total. The summed E-state index contributed by atoms with van der Waals surface area (Å²) in [6.07, 6.45) is 5.42. The summed E-state index contributed by atoms with van der Waals surface area (Å²) in [5, 5.41) is 2.05. The maximum Gasteiger partial charge on any atom is 0.257 e. The van der Waals surface area contributed by atoms with Gasteiger partial charge in [-0.2, -0.15) is 0 Å². The van der Waals surface area contributed by atoms with Crippen LogP contribution in [0.25, 0.3) is 16.1 Å². The molecule has 1 aromatic carbocycles. The largest absolute Gasteiger partial charge is 0.336 e. The summed E-state index contributed by atoms with van der Waals surface area (Å²) < 4.78 is 1.85. The van der Waals surface area contributed by atoms with E-state index in [0.717, 1.165) is 11.1 Å². The Morgan fingerprint density at radius 3 is 2.48 bits per heavy atom. The van der Waals surface area contributed by atoms with Crippen molar-refractivity contribution in [2.75, 3.05) is 32.7 Å². The number of carbonyl (C=O) groups excluding carboxylic acids is 2. The van der Waals surface area contributed by atoms with Crippen molar-refractivity contribution in [1.82, 2.24) is 19.2 Å². The predicted octanol–water partition coefficient (Wildman–Crippen LogP) is 3.70. The molecule has 0 aliphatic carbocycles. The molecule has 4 heterocycles. The molecule has 1 amide bonds. The van der Waals surface area contributed by atoms with Crippen molar-refractivity contribution < 1.29 is 9.59 Å². The van der Waals surface area contributed by atoms with Gasteiger partial charge >= 0.3 is 0 Å². The Labute approximate surface area is 184 Å². The minimum atomic E-state index is -0.00746. The lowest BCUT2D eigenvalue weighted by molar-refractivity contribution is 0.0625. The number of fused-ring (bicyclic) bond motifs is 1. The molecule has 7 heteroatoms. The number of ketones is 1. The molecule has 31 heavy (non-hydrogen) atoms. The number of rotatable bonds is 5. The first-order valence-electron chi connectivity index (χ1n) is 10.3. The fourth-order valence-corrected chi connectivity index (χ4v) is 4.69. The molecule has 0 saturated carbocycles. The third kappa shape index (κ3) is 4.02. The number of benzene rings is 1. The van der Waals surface area contributed by atoms with Gasteiger partial charge in [-0.3, -0.25) is 14.5 Å². The Kier molecular flexibility index (Phi) is 5.36. The number of hydrogen-bond acceptors (Lipinski definition) is 5. The van der Waals surface area contributed by atoms with Gasteiger partial charge in [-0.1, -0.05) is 30.3 Å². The maximum absolute atomic E-state index is 13.0. The van der Waals surface area contributed by atoms with E-state index in [1.807, 2.05) is 64.2 Å². The Bertz CT molecular complexity index is 1210. The van der Waals surface area contributed by atoms with E-state index in [4.69, 9.17) is 0 Å². The summed E-state index contributed by atoms with van der Waals surface area (Å²) >= 11 is 1.69. The lowest BCUT2D eigenvalue weighted by Crippen LogP contribution is -2.50. The fourth-order valence-electron chi connectivity index (χ4n) is 3.95. The van der Waals surface area contributed by atoms with E-state index in [1.165, 1.54) is 4.88 Å². The predicted molar refractivity (Wildman–Crippen MR) is 122 cm³/mol. The fraction of sp³-hybridized carbons (Fsp3) is 0.208. The van der Waals surface area contributed by atoms with Crippen molar-refractivity contribution in [2.24, 2.45) is 0 Å². The highest BCUT2D eigenvalue weighted by Gasteiger charge is 2.25. The zero-order valence-corrected chi connectivity index (χ0v) is 17.8. The van der Waals surface area contributed by atoms with E-state index in [2.05, 4.69) is 21.3 Å². The SMILES string of the molecule is O=C(CN1CCN(C(=O)c2cccn3ccnc23)CC1)c1ccc(-c2cccs2)cc1. The van der Waals surface area contributed by atoms with Gasteiger partial charge in [-0.05, 0) is 29.1 Å². The Balaban J connectivity index is 1.18. The minimum absolute atomic E-state index is 0.00746. The van der Waals surface area contributed by atoms with Crippen LogP contribution in [0.15, 0.2) is 72.5 Å². The van der Waals surface area contributed by atoms with Crippen molar-refractivity contribution in [2.45, 2.75) is 0 Å². The molecule has 0 spiro atoms. The van der Waals surface area contributed by atoms with Crippen LogP contribution in [0.4, 0.5) is 0 Å². The summed E-state index contributed by atoms with van der Waals surface area (Å²) in [6, 6.07) is 15.6. The third-order valence-electron chi connectivity index (χ3n) is 5.69. The van der Waals surface area contributed by atoms with Crippen molar-refractivity contribution in [1.29, 1.82) is 0 Å². The highest BCUT2D eigenvalue weighted by molar-refractivity contribution is 7.13. The van der Waals surface area contributed by atoms with E-state index >= 15 is 0 Å². The van der Waals surface area contributed by atoms with Crippen LogP contribution in [0, 0.1) is 0 Å². The molecule has 5 rings (SSSR count). The van der Waals surface area contributed by atoms with Gasteiger partial charge in [0.05, 0.1) is 12.1 Å². The average Bonchev–Trinajstić information content (AvgIpc) is 3.51. The maximum atomic E-state index is 13.0. The monoisotopic (exact) mass is 430 g/mol. The summed E-state index contributed by atoms with van der Waals surface area (Å²) in [6.45, 7) is 2.94. The number of imidazole rings is 1. The number of piperazine rings is 1. The number of carbonyl (C=O) groups is 2. The smallest absolute Gasteiger partial charge is 0.257 e. The number of thiophene rings is 1. The summed E-state index contributed by atoms with van der Waals surface area (Å²) in [7, 11) is 0. The average molecular weight is 431 g/mol. The molecule has 3 aromatic heterocycles. The molecular formula is C24H22N4O2S. The van der Waals surface area contributed by atoms with E-state index in [9.17, 15) is 9.59 Å². The van der Waals surface area contributed by atoms with Crippen LogP contribution in [0.5, 0.6) is 0 Å². The van der Waals surface area contributed by atoms with Gasteiger partial charge in [0.1, 0.15) is 5.65 Å². The third-order valence-corrected chi connectivity index (χ3v) is 6.61. The molecule has 1 fully saturated rings. The Hall–Kier alpha value is -3.29. The summed E-state index contributed by atoms with van der Waals surface area (Å²) in [4.78, 5) is 35.2. The number of hydrogen-bond donors (Lipinski definition) is 0. The van der Waals surface area contributed by atoms with Gasteiger partial charge < -0.3 is 9.30 Å². The van der Waals surface area contributed by atoms with Crippen molar-refractivity contribution in [3.63, 3.8) is 0 Å². The van der Waals surface area contributed by atoms with Gasteiger partial charge in [-0.25, -0.2) is 4.98 Å². The van der Waals surface area contributed by atoms with Crippen LogP contribution in [-0.4, -0.2) is 63.6 Å². The summed E-state index contributed by atoms with van der Waals surface area (Å²) in [5.74, 6) is 0.103. The first-order chi connectivity index (χ1) is 15.2. The zero-order chi connectivity index (χ0) is 21.2. The molecule has 0 unspecified atom stereocenters. The molecule has 6 nitrogen and oxygen atoms in total. The Morgan fingerprint density at radius 2 is 1.74 bits per heavy atom. The molecule has 4 aromatic rings. The number of amides is 1. The van der Waals surface area contributed by atoms with Crippen LogP contribution >= 0.6 is 11.3 Å². The number of pyridine rings is 1. The molecule has 1 saturated heterocycles. The van der Waals surface area contributed by atoms with E-state index in [1.54, 1.807) is 17.5 Å². The lowest BCUT2D eigenvalue weighted by Gasteiger charge is -2.34. The van der Waals surface area contributed by atoms with Crippen LogP contribution in [0.3, 0.4) is 0 Å². The lowest BCUT2D eigenvalue weighted by atomic mass is 10.1. The molecule has 156 valence electrons. The highest BCUT2D eigenvalue weighted by Crippen LogP contribution is 2.25. The minimum Gasteiger partial charge on any atom is -0.336 e. The second-order valence-corrected chi connectivity index (χ2v) is 8.57. The van der Waals surface area contributed by atoms with E-state index in [0.29, 0.717) is 43.9 Å². The van der Waals surface area contributed by atoms with Crippen molar-refractivity contribution >= 4 is 28.7 Å². The van der Waals surface area contributed by atoms with Gasteiger partial charge in [0.2, 0.25) is 0 Å². The molecule has 0 radical (unpaired) electrons. The molecule has 1 aliphatic rings. The number of aromatic nitrogens is 2. The van der Waals surface area contributed by atoms with Crippen LogP contribution in [-0.2, 0) is 0 Å². The Morgan fingerprint density at radius 1 is 0.935 bits per heavy atom. The molecular weight excluding hydrogens is 408 g/mol. The first kappa shape index (κ1) is 19.7.